The van der Waals surface area contributed by atoms with Crippen LogP contribution in [-0.2, 0) is 28.4 Å². The minimum Gasteiger partial charge on any atom is -0.444 e. The van der Waals surface area contributed by atoms with Crippen LogP contribution in [0.3, 0.4) is 0 Å². The van der Waals surface area contributed by atoms with Crippen molar-refractivity contribution in [3.63, 3.8) is 0 Å². The highest BCUT2D eigenvalue weighted by Crippen LogP contribution is 2.44. The molecule has 1 aromatic heterocycles. The highest BCUT2D eigenvalue weighted by molar-refractivity contribution is 7.81. The van der Waals surface area contributed by atoms with E-state index in [4.69, 9.17) is 18.0 Å². The summed E-state index contributed by atoms with van der Waals surface area (Å²) < 4.78 is 49.5. The number of urea groups is 1. The van der Waals surface area contributed by atoms with Gasteiger partial charge in [0.05, 0.1) is 18.1 Å². The molecule has 4 rings (SSSR count). The normalized spacial score (nSPS) is 21.2. The molecular weight excluding hydrogens is 789 g/mol. The summed E-state index contributed by atoms with van der Waals surface area (Å²) >= 11 is 1.42. The maximum Gasteiger partial charge on any atom is 0.437 e. The van der Waals surface area contributed by atoms with Crippen LogP contribution < -0.4 is 10.6 Å². The van der Waals surface area contributed by atoms with Gasteiger partial charge in [0.2, 0.25) is 5.96 Å². The number of alkyl carbamates (subject to hydrolysis) is 2. The molecule has 58 heavy (non-hydrogen) atoms. The van der Waals surface area contributed by atoms with Gasteiger partial charge in [0, 0.05) is 24.5 Å². The molecule has 330 valence electrons. The fraction of sp³-hybridized carbons (Fsp3) is 0.846. The number of hydrogen-bond acceptors (Lipinski definition) is 14. The maximum absolute atomic E-state index is 13.8. The molecule has 1 aliphatic carbocycles. The highest BCUT2D eigenvalue weighted by atomic mass is 32.3. The molecule has 3 fully saturated rings. The second kappa shape index (κ2) is 20.4. The van der Waals surface area contributed by atoms with Crippen molar-refractivity contribution >= 4 is 45.9 Å². The smallest absolute Gasteiger partial charge is 0.437 e. The molecular formula is C39H68N8O9S2. The second-order valence-electron chi connectivity index (χ2n) is 17.7. The number of rotatable bonds is 19. The quantitative estimate of drug-likeness (QED) is 0.0770. The Balaban J connectivity index is 1.42. The highest BCUT2D eigenvalue weighted by Gasteiger charge is 2.50. The van der Waals surface area contributed by atoms with Gasteiger partial charge in [-0.25, -0.2) is 19.4 Å². The molecule has 0 radical (unpaired) electrons. The largest absolute Gasteiger partial charge is 0.444 e. The van der Waals surface area contributed by atoms with Gasteiger partial charge in [0.15, 0.2) is 0 Å². The van der Waals surface area contributed by atoms with Gasteiger partial charge in [-0.1, -0.05) is 77.6 Å². The summed E-state index contributed by atoms with van der Waals surface area (Å²) in [5.41, 5.74) is -1.97. The van der Waals surface area contributed by atoms with Gasteiger partial charge in [-0.2, -0.15) is 22.8 Å². The molecule has 2 saturated heterocycles. The summed E-state index contributed by atoms with van der Waals surface area (Å²) in [5.74, 6) is -0.0440. The van der Waals surface area contributed by atoms with E-state index < -0.39 is 51.4 Å². The van der Waals surface area contributed by atoms with Gasteiger partial charge in [0.1, 0.15) is 21.2 Å². The Bertz CT molecular complexity index is 1630. The summed E-state index contributed by atoms with van der Waals surface area (Å²) in [6, 6.07) is -1.62. The van der Waals surface area contributed by atoms with Gasteiger partial charge in [0.25, 0.3) is 0 Å². The Hall–Kier alpha value is -3.13. The van der Waals surface area contributed by atoms with E-state index in [0.717, 1.165) is 74.3 Å². The first kappa shape index (κ1) is 47.5. The van der Waals surface area contributed by atoms with E-state index in [-0.39, 0.29) is 24.0 Å². The number of carbonyl (C=O) groups excluding carboxylic acids is 3. The van der Waals surface area contributed by atoms with Crippen molar-refractivity contribution < 1.29 is 40.8 Å². The van der Waals surface area contributed by atoms with Crippen LogP contribution in [0.15, 0.2) is 4.99 Å². The number of hydrogen-bond donors (Lipinski definition) is 2. The third kappa shape index (κ3) is 13.4. The van der Waals surface area contributed by atoms with Gasteiger partial charge in [-0.15, -0.1) is 14.5 Å². The number of hydroxylamine groups is 4. The van der Waals surface area contributed by atoms with E-state index in [1.54, 1.807) is 51.5 Å². The van der Waals surface area contributed by atoms with Crippen molar-refractivity contribution in [2.75, 3.05) is 13.1 Å². The molecule has 2 aliphatic heterocycles. The lowest BCUT2D eigenvalue weighted by Crippen LogP contribution is -2.51. The first-order valence-corrected chi connectivity index (χ1v) is 23.3. The van der Waals surface area contributed by atoms with Crippen molar-refractivity contribution in [2.24, 2.45) is 4.99 Å². The molecule has 1 saturated carbocycles. The fourth-order valence-electron chi connectivity index (χ4n) is 7.61. The topological polar surface area (TPSA) is 194 Å². The molecule has 1 aromatic rings. The standard InChI is InChI=1S/C39H68N8O9S2/c1-11-15-21-39(20-14-4,22-16-12-2)46(23-17-13-3)55-58(51,52)56-47-29-18-19-30(45(26-29)36(47)50)32-44-43-31(57-32)27-24-28(25-27)40-33(41-34(48)53-37(5,6)7)42-35(49)54-38(8,9)10/h27-30H,11-26H2,1-10H3,(H2,40,41,42,48,49)/t27?,28?,29-,30-/m0/s1. The third-order valence-corrected chi connectivity index (χ3v) is 12.3. The molecule has 19 heteroatoms. The van der Waals surface area contributed by atoms with Crippen LogP contribution >= 0.6 is 11.3 Å². The van der Waals surface area contributed by atoms with Crippen LogP contribution in [0.25, 0.3) is 0 Å². The summed E-state index contributed by atoms with van der Waals surface area (Å²) in [7, 11) is -4.64. The Labute approximate surface area is 349 Å². The van der Waals surface area contributed by atoms with E-state index in [1.807, 2.05) is 0 Å². The lowest BCUT2D eigenvalue weighted by molar-refractivity contribution is -0.172. The van der Waals surface area contributed by atoms with Crippen LogP contribution in [0.5, 0.6) is 0 Å². The predicted molar refractivity (Wildman–Crippen MR) is 221 cm³/mol. The van der Waals surface area contributed by atoms with Crippen molar-refractivity contribution in [3.8, 4) is 0 Å². The zero-order valence-electron chi connectivity index (χ0n) is 36.3. The Morgan fingerprint density at radius 3 is 1.95 bits per heavy atom. The molecule has 0 aromatic carbocycles. The van der Waals surface area contributed by atoms with Gasteiger partial charge in [-0.05, 0) is 92.9 Å². The summed E-state index contributed by atoms with van der Waals surface area (Å²) in [4.78, 5) is 45.0. The number of fused-ring (bicyclic) bond motifs is 2. The molecule has 0 unspecified atom stereocenters. The number of guanidine groups is 1. The molecule has 2 N–H and O–H groups in total. The number of nitrogens with one attached hydrogen (secondary N) is 2. The van der Waals surface area contributed by atoms with Crippen LogP contribution in [0.4, 0.5) is 14.4 Å². The predicted octanol–water partition coefficient (Wildman–Crippen LogP) is 8.26. The molecule has 0 spiro atoms. The average molecular weight is 857 g/mol. The number of amides is 4. The van der Waals surface area contributed by atoms with Crippen LogP contribution in [-0.4, -0.2) is 99.7 Å². The van der Waals surface area contributed by atoms with Crippen LogP contribution in [0.1, 0.15) is 181 Å². The number of aliphatic imine (C=N–C) groups is 1. The lowest BCUT2D eigenvalue weighted by Gasteiger charge is -2.43. The van der Waals surface area contributed by atoms with E-state index >= 15 is 0 Å². The third-order valence-electron chi connectivity index (χ3n) is 10.4. The monoisotopic (exact) mass is 856 g/mol. The zero-order chi connectivity index (χ0) is 42.9. The van der Waals surface area contributed by atoms with Crippen molar-refractivity contribution in [1.82, 2.24) is 35.9 Å². The van der Waals surface area contributed by atoms with E-state index in [0.29, 0.717) is 43.8 Å². The molecule has 17 nitrogen and oxygen atoms in total. The SMILES string of the molecule is CCCCN(OS(=O)(=O)ON1C(=O)N2C[C@@H]1CC[C@H]2c1nnc(C2CC(N=C(NC(=O)OC(C)(C)C)NC(=O)OC(C)(C)C)C2)s1)C(CCC)(CCCC)CCCC. The van der Waals surface area contributed by atoms with Crippen molar-refractivity contribution in [3.05, 3.63) is 10.0 Å². The number of nitrogens with zero attached hydrogens (tertiary/aromatic N) is 6. The first-order chi connectivity index (χ1) is 27.2. The van der Waals surface area contributed by atoms with E-state index in [1.165, 1.54) is 11.3 Å². The number of ether oxygens (including phenoxy) is 2. The number of aromatic nitrogens is 2. The van der Waals surface area contributed by atoms with Crippen LogP contribution in [0.2, 0.25) is 0 Å². The number of unbranched alkanes of at least 4 members (excludes halogenated alkanes) is 3. The number of piperidine rings is 1. The molecule has 3 aliphatic rings. The summed E-state index contributed by atoms with van der Waals surface area (Å²) in [6.07, 6.45) is 9.53. The lowest BCUT2D eigenvalue weighted by atomic mass is 9.81. The minimum absolute atomic E-state index is 0.0298. The van der Waals surface area contributed by atoms with E-state index in [2.05, 4.69) is 53.5 Å². The van der Waals surface area contributed by atoms with Crippen molar-refractivity contribution in [1.29, 1.82) is 0 Å². The summed E-state index contributed by atoms with van der Waals surface area (Å²) in [6.45, 7) is 19.6. The molecule has 2 bridgehead atoms. The molecule has 3 heterocycles. The first-order valence-electron chi connectivity index (χ1n) is 21.1. The zero-order valence-corrected chi connectivity index (χ0v) is 37.9. The average Bonchev–Trinajstić information content (AvgIpc) is 3.67. The van der Waals surface area contributed by atoms with E-state index in [9.17, 15) is 22.8 Å². The van der Waals surface area contributed by atoms with Gasteiger partial charge in [-0.3, -0.25) is 10.6 Å². The van der Waals surface area contributed by atoms with Crippen molar-refractivity contribution in [2.45, 2.75) is 200 Å². The number of carbonyl (C=O) groups is 3. The molecule has 4 amide bonds. The van der Waals surface area contributed by atoms with Gasteiger partial charge < -0.3 is 14.4 Å². The fourth-order valence-corrected chi connectivity index (χ4v) is 9.59. The second-order valence-corrected chi connectivity index (χ2v) is 19.9. The Kier molecular flexibility index (Phi) is 16.7. The Morgan fingerprint density at radius 1 is 0.845 bits per heavy atom. The molecule has 2 atom stereocenters. The minimum atomic E-state index is -4.64. The maximum atomic E-state index is 13.8. The Morgan fingerprint density at radius 2 is 1.41 bits per heavy atom. The van der Waals surface area contributed by atoms with Gasteiger partial charge >= 0.3 is 28.6 Å². The van der Waals surface area contributed by atoms with Crippen LogP contribution in [0, 0.1) is 0 Å². The summed E-state index contributed by atoms with van der Waals surface area (Å²) in [5, 5.41) is 18.1.